The molecule has 7 nitrogen and oxygen atoms in total. The first-order valence-electron chi connectivity index (χ1n) is 9.69. The topological polar surface area (TPSA) is 73.7 Å². The van der Waals surface area contributed by atoms with E-state index < -0.39 is 5.97 Å². The number of rotatable bonds is 8. The van der Waals surface area contributed by atoms with Crippen LogP contribution < -0.4 is 4.74 Å². The zero-order valence-corrected chi connectivity index (χ0v) is 17.4. The van der Waals surface area contributed by atoms with Crippen LogP contribution in [0.3, 0.4) is 0 Å². The number of benzene rings is 2. The fraction of sp³-hybridized carbons (Fsp3) is 0.261. The summed E-state index contributed by atoms with van der Waals surface area (Å²) >= 11 is 0. The van der Waals surface area contributed by atoms with Crippen LogP contribution in [0.5, 0.6) is 5.75 Å². The highest BCUT2D eigenvalue weighted by molar-refractivity contribution is 5.92. The second-order valence-corrected chi connectivity index (χ2v) is 6.82. The summed E-state index contributed by atoms with van der Waals surface area (Å²) in [4.78, 5) is 26.4. The second kappa shape index (κ2) is 9.73. The molecule has 3 aromatic rings. The van der Waals surface area contributed by atoms with E-state index in [1.165, 1.54) is 22.3 Å². The largest absolute Gasteiger partial charge is 0.493 e. The van der Waals surface area contributed by atoms with Crippen LogP contribution in [0.15, 0.2) is 60.8 Å². The molecule has 1 aromatic heterocycles. The number of hydrogen-bond acceptors (Lipinski definition) is 5. The Morgan fingerprint density at radius 1 is 1.03 bits per heavy atom. The molecule has 0 bridgehead atoms. The molecule has 0 unspecified atom stereocenters. The molecule has 3 rings (SSSR count). The van der Waals surface area contributed by atoms with E-state index in [-0.39, 0.29) is 24.0 Å². The zero-order chi connectivity index (χ0) is 21.5. The number of hydrogen-bond donors (Lipinski definition) is 0. The van der Waals surface area contributed by atoms with Crippen LogP contribution in [0.4, 0.5) is 0 Å². The fourth-order valence-corrected chi connectivity index (χ4v) is 2.91. The molecule has 0 spiro atoms. The van der Waals surface area contributed by atoms with Crippen molar-refractivity contribution in [3.05, 3.63) is 77.6 Å². The van der Waals surface area contributed by atoms with Gasteiger partial charge in [-0.2, -0.15) is 5.10 Å². The van der Waals surface area contributed by atoms with E-state index in [0.717, 1.165) is 17.7 Å². The van der Waals surface area contributed by atoms with Crippen molar-refractivity contribution in [1.82, 2.24) is 14.7 Å². The van der Waals surface area contributed by atoms with Crippen molar-refractivity contribution in [2.24, 2.45) is 0 Å². The number of carbonyl (C=O) groups is 2. The minimum absolute atomic E-state index is 0.0203. The Hall–Kier alpha value is -3.61. The van der Waals surface area contributed by atoms with Crippen molar-refractivity contribution in [3.63, 3.8) is 0 Å². The number of amides is 1. The van der Waals surface area contributed by atoms with Gasteiger partial charge >= 0.3 is 5.97 Å². The van der Waals surface area contributed by atoms with Gasteiger partial charge in [0.2, 0.25) is 5.69 Å². The number of aromatic nitrogens is 2. The van der Waals surface area contributed by atoms with E-state index in [9.17, 15) is 9.59 Å². The van der Waals surface area contributed by atoms with Gasteiger partial charge in [0.15, 0.2) is 12.4 Å². The number of ether oxygens (including phenoxy) is 2. The molecule has 0 fully saturated rings. The third kappa shape index (κ3) is 5.05. The van der Waals surface area contributed by atoms with Crippen LogP contribution in [0.1, 0.15) is 28.5 Å². The first-order chi connectivity index (χ1) is 14.5. The lowest BCUT2D eigenvalue weighted by molar-refractivity contribution is -0.133. The first kappa shape index (κ1) is 21.1. The first-order valence-corrected chi connectivity index (χ1v) is 9.69. The summed E-state index contributed by atoms with van der Waals surface area (Å²) in [5, 5.41) is 4.25. The summed E-state index contributed by atoms with van der Waals surface area (Å²) in [6, 6.07) is 17.4. The van der Waals surface area contributed by atoms with E-state index >= 15 is 0 Å². The van der Waals surface area contributed by atoms with Gasteiger partial charge in [-0.1, -0.05) is 49.4 Å². The highest BCUT2D eigenvalue weighted by Gasteiger charge is 2.21. The van der Waals surface area contributed by atoms with Crippen molar-refractivity contribution in [3.8, 4) is 11.4 Å². The molecule has 1 heterocycles. The van der Waals surface area contributed by atoms with Crippen LogP contribution in [-0.4, -0.2) is 47.3 Å². The van der Waals surface area contributed by atoms with Gasteiger partial charge in [0.25, 0.3) is 5.91 Å². The van der Waals surface area contributed by atoms with Crippen LogP contribution >= 0.6 is 0 Å². The molecule has 0 radical (unpaired) electrons. The lowest BCUT2D eigenvalue weighted by Gasteiger charge is -2.17. The number of methoxy groups -OCH3 is 1. The Morgan fingerprint density at radius 3 is 2.33 bits per heavy atom. The molecular weight excluding hydrogens is 382 g/mol. The molecule has 0 aliphatic carbocycles. The minimum Gasteiger partial charge on any atom is -0.493 e. The van der Waals surface area contributed by atoms with E-state index in [1.807, 2.05) is 54.6 Å². The lowest BCUT2D eigenvalue weighted by Crippen LogP contribution is -2.31. The Labute approximate surface area is 175 Å². The highest BCUT2D eigenvalue weighted by atomic mass is 16.5. The number of aryl methyl sites for hydroxylation is 1. The summed E-state index contributed by atoms with van der Waals surface area (Å²) < 4.78 is 12.0. The quantitative estimate of drug-likeness (QED) is 0.536. The Kier molecular flexibility index (Phi) is 6.85. The summed E-state index contributed by atoms with van der Waals surface area (Å²) in [6.07, 6.45) is 2.56. The standard InChI is InChI=1S/C23H25N3O4/c1-4-17-10-12-18(13-11-17)14-25(2)21(27)16-30-23(28)22-20(29-3)15-26(24-22)19-8-6-5-7-9-19/h5-13,15H,4,14,16H2,1-3H3. The lowest BCUT2D eigenvalue weighted by atomic mass is 10.1. The maximum atomic E-state index is 12.5. The molecule has 30 heavy (non-hydrogen) atoms. The van der Waals surface area contributed by atoms with Gasteiger partial charge in [-0.05, 0) is 29.7 Å². The van der Waals surface area contributed by atoms with Crippen LogP contribution in [0, 0.1) is 0 Å². The number of para-hydroxylation sites is 1. The maximum absolute atomic E-state index is 12.5. The van der Waals surface area contributed by atoms with Crippen molar-refractivity contribution >= 4 is 11.9 Å². The van der Waals surface area contributed by atoms with E-state index in [2.05, 4.69) is 12.0 Å². The average Bonchev–Trinajstić information content (AvgIpc) is 3.23. The molecule has 0 aliphatic rings. The molecule has 7 heteroatoms. The second-order valence-electron chi connectivity index (χ2n) is 6.82. The summed E-state index contributed by atoms with van der Waals surface area (Å²) in [6.45, 7) is 2.16. The van der Waals surface area contributed by atoms with Gasteiger partial charge in [0, 0.05) is 13.6 Å². The van der Waals surface area contributed by atoms with Gasteiger partial charge in [0.1, 0.15) is 0 Å². The molecular formula is C23H25N3O4. The van der Waals surface area contributed by atoms with Crippen LogP contribution in [0.25, 0.3) is 5.69 Å². The number of nitrogens with zero attached hydrogens (tertiary/aromatic N) is 3. The Bertz CT molecular complexity index is 997. The zero-order valence-electron chi connectivity index (χ0n) is 17.4. The predicted molar refractivity (Wildman–Crippen MR) is 113 cm³/mol. The van der Waals surface area contributed by atoms with Crippen LogP contribution in [0.2, 0.25) is 0 Å². The van der Waals surface area contributed by atoms with Gasteiger partial charge in [-0.15, -0.1) is 0 Å². The third-order valence-electron chi connectivity index (χ3n) is 4.72. The van der Waals surface area contributed by atoms with E-state index in [4.69, 9.17) is 9.47 Å². The average molecular weight is 407 g/mol. The van der Waals surface area contributed by atoms with Crippen molar-refractivity contribution < 1.29 is 19.1 Å². The summed E-state index contributed by atoms with van der Waals surface area (Å²) in [5.74, 6) is -0.736. The smallest absolute Gasteiger partial charge is 0.363 e. The van der Waals surface area contributed by atoms with E-state index in [1.54, 1.807) is 13.2 Å². The van der Waals surface area contributed by atoms with Gasteiger partial charge < -0.3 is 14.4 Å². The van der Waals surface area contributed by atoms with E-state index in [0.29, 0.717) is 6.54 Å². The molecule has 0 saturated heterocycles. The van der Waals surface area contributed by atoms with Crippen molar-refractivity contribution in [2.45, 2.75) is 19.9 Å². The Morgan fingerprint density at radius 2 is 1.70 bits per heavy atom. The minimum atomic E-state index is -0.712. The molecule has 1 amide bonds. The molecule has 0 N–H and O–H groups in total. The van der Waals surface area contributed by atoms with Gasteiger partial charge in [-0.3, -0.25) is 4.79 Å². The monoisotopic (exact) mass is 407 g/mol. The maximum Gasteiger partial charge on any atom is 0.363 e. The number of carbonyl (C=O) groups excluding carboxylic acids is 2. The summed E-state index contributed by atoms with van der Waals surface area (Å²) in [5.41, 5.74) is 3.05. The van der Waals surface area contributed by atoms with Crippen LogP contribution in [-0.2, 0) is 22.5 Å². The molecule has 2 aromatic carbocycles. The SMILES string of the molecule is CCc1ccc(CN(C)C(=O)COC(=O)c2nn(-c3ccccc3)cc2OC)cc1. The molecule has 0 saturated carbocycles. The number of esters is 1. The molecule has 156 valence electrons. The normalized spacial score (nSPS) is 10.5. The number of likely N-dealkylation sites (N-methyl/N-ethyl adjacent to an activating group) is 1. The Balaban J connectivity index is 1.60. The van der Waals surface area contributed by atoms with Crippen molar-refractivity contribution in [2.75, 3.05) is 20.8 Å². The van der Waals surface area contributed by atoms with Gasteiger partial charge in [-0.25, -0.2) is 9.48 Å². The fourth-order valence-electron chi connectivity index (χ4n) is 2.91. The predicted octanol–water partition coefficient (Wildman–Crippen LogP) is 3.26. The molecule has 0 atom stereocenters. The summed E-state index contributed by atoms with van der Waals surface area (Å²) in [7, 11) is 3.13. The third-order valence-corrected chi connectivity index (χ3v) is 4.72. The van der Waals surface area contributed by atoms with Gasteiger partial charge in [0.05, 0.1) is 19.0 Å². The van der Waals surface area contributed by atoms with Crippen molar-refractivity contribution in [1.29, 1.82) is 0 Å². The highest BCUT2D eigenvalue weighted by Crippen LogP contribution is 2.20. The molecule has 0 aliphatic heterocycles.